The molecule has 0 aromatic heterocycles. The molecular formula is C10H19N. The van der Waals surface area contributed by atoms with E-state index in [2.05, 4.69) is 31.8 Å². The van der Waals surface area contributed by atoms with E-state index in [4.69, 9.17) is 0 Å². The summed E-state index contributed by atoms with van der Waals surface area (Å²) >= 11 is 0. The molecule has 0 heterocycles. The SMILES string of the molecule is C=C(C(C)=CC)C(C)CNC. The minimum Gasteiger partial charge on any atom is -0.319 e. The van der Waals surface area contributed by atoms with Gasteiger partial charge in [-0.15, -0.1) is 0 Å². The normalized spacial score (nSPS) is 14.7. The molecule has 11 heavy (non-hydrogen) atoms. The molecule has 0 spiro atoms. The van der Waals surface area contributed by atoms with Crippen molar-refractivity contribution in [2.45, 2.75) is 20.8 Å². The molecule has 1 heteroatoms. The molecule has 64 valence electrons. The third-order valence-corrected chi connectivity index (χ3v) is 2.04. The van der Waals surface area contributed by atoms with Crippen LogP contribution in [-0.4, -0.2) is 13.6 Å². The number of allylic oxidation sites excluding steroid dienone is 2. The fourth-order valence-corrected chi connectivity index (χ4v) is 1.00. The van der Waals surface area contributed by atoms with Gasteiger partial charge in [0.2, 0.25) is 0 Å². The monoisotopic (exact) mass is 153 g/mol. The Labute approximate surface area is 70.2 Å². The summed E-state index contributed by atoms with van der Waals surface area (Å²) in [5.41, 5.74) is 2.54. The Morgan fingerprint density at radius 3 is 2.55 bits per heavy atom. The Hall–Kier alpha value is -0.560. The summed E-state index contributed by atoms with van der Waals surface area (Å²) in [6.07, 6.45) is 2.11. The van der Waals surface area contributed by atoms with E-state index >= 15 is 0 Å². The lowest BCUT2D eigenvalue weighted by Crippen LogP contribution is -2.17. The Kier molecular flexibility index (Phi) is 4.88. The van der Waals surface area contributed by atoms with Crippen LogP contribution in [0.3, 0.4) is 0 Å². The zero-order chi connectivity index (χ0) is 8.85. The van der Waals surface area contributed by atoms with E-state index in [9.17, 15) is 0 Å². The van der Waals surface area contributed by atoms with E-state index in [-0.39, 0.29) is 0 Å². The van der Waals surface area contributed by atoms with Crippen LogP contribution in [0.25, 0.3) is 0 Å². The van der Waals surface area contributed by atoms with Gasteiger partial charge >= 0.3 is 0 Å². The minimum atomic E-state index is 0.538. The lowest BCUT2D eigenvalue weighted by molar-refractivity contribution is 0.625. The van der Waals surface area contributed by atoms with Crippen LogP contribution in [0.4, 0.5) is 0 Å². The molecule has 0 fully saturated rings. The smallest absolute Gasteiger partial charge is 0.00143 e. The van der Waals surface area contributed by atoms with Crippen LogP contribution in [0.15, 0.2) is 23.8 Å². The lowest BCUT2D eigenvalue weighted by atomic mass is 9.96. The maximum Gasteiger partial charge on any atom is 0.00143 e. The van der Waals surface area contributed by atoms with Gasteiger partial charge in [-0.2, -0.15) is 0 Å². The summed E-state index contributed by atoms with van der Waals surface area (Å²) in [6, 6.07) is 0. The molecule has 0 radical (unpaired) electrons. The molecule has 0 saturated heterocycles. The van der Waals surface area contributed by atoms with E-state index in [1.54, 1.807) is 0 Å². The zero-order valence-corrected chi connectivity index (χ0v) is 8.07. The maximum absolute atomic E-state index is 4.04. The molecule has 0 bridgehead atoms. The molecule has 1 atom stereocenters. The summed E-state index contributed by atoms with van der Waals surface area (Å²) in [7, 11) is 1.97. The average molecular weight is 153 g/mol. The second kappa shape index (κ2) is 5.14. The van der Waals surface area contributed by atoms with Crippen molar-refractivity contribution in [3.8, 4) is 0 Å². The predicted octanol–water partition coefficient (Wildman–Crippen LogP) is 2.36. The quantitative estimate of drug-likeness (QED) is 0.611. The third kappa shape index (κ3) is 3.38. The van der Waals surface area contributed by atoms with E-state index in [1.807, 2.05) is 14.0 Å². The predicted molar refractivity (Wildman–Crippen MR) is 51.7 cm³/mol. The van der Waals surface area contributed by atoms with Gasteiger partial charge in [0.1, 0.15) is 0 Å². The van der Waals surface area contributed by atoms with Gasteiger partial charge in [0.25, 0.3) is 0 Å². The Balaban J connectivity index is 4.02. The Bertz CT molecular complexity index is 156. The van der Waals surface area contributed by atoms with Crippen molar-refractivity contribution in [3.63, 3.8) is 0 Å². The molecular weight excluding hydrogens is 134 g/mol. The number of rotatable bonds is 4. The first-order chi connectivity index (χ1) is 5.13. The summed E-state index contributed by atoms with van der Waals surface area (Å²) in [6.45, 7) is 11.4. The summed E-state index contributed by atoms with van der Waals surface area (Å²) in [4.78, 5) is 0. The van der Waals surface area contributed by atoms with E-state index in [0.717, 1.165) is 6.54 Å². The molecule has 1 unspecified atom stereocenters. The van der Waals surface area contributed by atoms with Crippen LogP contribution < -0.4 is 5.32 Å². The maximum atomic E-state index is 4.04. The van der Waals surface area contributed by atoms with Gasteiger partial charge in [0.05, 0.1) is 0 Å². The third-order valence-electron chi connectivity index (χ3n) is 2.04. The highest BCUT2D eigenvalue weighted by atomic mass is 14.8. The van der Waals surface area contributed by atoms with Crippen LogP contribution in [0.2, 0.25) is 0 Å². The number of nitrogens with one attached hydrogen (secondary N) is 1. The van der Waals surface area contributed by atoms with Crippen LogP contribution in [0.5, 0.6) is 0 Å². The van der Waals surface area contributed by atoms with Gasteiger partial charge in [-0.05, 0) is 32.4 Å². The molecule has 0 aromatic carbocycles. The van der Waals surface area contributed by atoms with Crippen molar-refractivity contribution in [1.82, 2.24) is 5.32 Å². The summed E-state index contributed by atoms with van der Waals surface area (Å²) in [5.74, 6) is 0.538. The standard InChI is InChI=1S/C10H19N/c1-6-8(2)10(4)9(3)7-11-5/h6,9,11H,4,7H2,1-3,5H3. The molecule has 0 amide bonds. The van der Waals surface area contributed by atoms with Crippen LogP contribution in [0.1, 0.15) is 20.8 Å². The Morgan fingerprint density at radius 2 is 2.18 bits per heavy atom. The van der Waals surface area contributed by atoms with Crippen molar-refractivity contribution in [1.29, 1.82) is 0 Å². The molecule has 0 aliphatic carbocycles. The van der Waals surface area contributed by atoms with Gasteiger partial charge < -0.3 is 5.32 Å². The highest BCUT2D eigenvalue weighted by Gasteiger charge is 2.05. The van der Waals surface area contributed by atoms with E-state index in [1.165, 1.54) is 11.1 Å². The van der Waals surface area contributed by atoms with Gasteiger partial charge in [-0.1, -0.05) is 25.2 Å². The molecule has 0 aromatic rings. The van der Waals surface area contributed by atoms with Crippen LogP contribution in [-0.2, 0) is 0 Å². The molecule has 0 saturated carbocycles. The summed E-state index contributed by atoms with van der Waals surface area (Å²) < 4.78 is 0. The van der Waals surface area contributed by atoms with Gasteiger partial charge in [0, 0.05) is 6.54 Å². The minimum absolute atomic E-state index is 0.538. The van der Waals surface area contributed by atoms with Crippen molar-refractivity contribution in [2.75, 3.05) is 13.6 Å². The molecule has 1 N–H and O–H groups in total. The van der Waals surface area contributed by atoms with Crippen LogP contribution in [0, 0.1) is 5.92 Å². The van der Waals surface area contributed by atoms with Gasteiger partial charge in [-0.3, -0.25) is 0 Å². The first-order valence-electron chi connectivity index (χ1n) is 4.10. The average Bonchev–Trinajstić information content (AvgIpc) is 2.02. The van der Waals surface area contributed by atoms with Crippen molar-refractivity contribution < 1.29 is 0 Å². The molecule has 0 aliphatic heterocycles. The number of hydrogen-bond acceptors (Lipinski definition) is 1. The zero-order valence-electron chi connectivity index (χ0n) is 8.07. The second-order valence-corrected chi connectivity index (χ2v) is 2.96. The fourth-order valence-electron chi connectivity index (χ4n) is 1.00. The van der Waals surface area contributed by atoms with Crippen LogP contribution >= 0.6 is 0 Å². The lowest BCUT2D eigenvalue weighted by Gasteiger charge is -2.14. The summed E-state index contributed by atoms with van der Waals surface area (Å²) in [5, 5.41) is 3.14. The molecule has 0 aliphatic rings. The van der Waals surface area contributed by atoms with Crippen molar-refractivity contribution >= 4 is 0 Å². The topological polar surface area (TPSA) is 12.0 Å². The first-order valence-corrected chi connectivity index (χ1v) is 4.10. The van der Waals surface area contributed by atoms with E-state index < -0.39 is 0 Å². The van der Waals surface area contributed by atoms with E-state index in [0.29, 0.717) is 5.92 Å². The highest BCUT2D eigenvalue weighted by Crippen LogP contribution is 2.15. The molecule has 0 rings (SSSR count). The van der Waals surface area contributed by atoms with Gasteiger partial charge in [0.15, 0.2) is 0 Å². The second-order valence-electron chi connectivity index (χ2n) is 2.96. The van der Waals surface area contributed by atoms with Crippen molar-refractivity contribution in [2.24, 2.45) is 5.92 Å². The molecule has 1 nitrogen and oxygen atoms in total. The van der Waals surface area contributed by atoms with Crippen molar-refractivity contribution in [3.05, 3.63) is 23.8 Å². The number of hydrogen-bond donors (Lipinski definition) is 1. The Morgan fingerprint density at radius 1 is 1.64 bits per heavy atom. The van der Waals surface area contributed by atoms with Gasteiger partial charge in [-0.25, -0.2) is 0 Å². The highest BCUT2D eigenvalue weighted by molar-refractivity contribution is 5.27. The first kappa shape index (κ1) is 10.4. The largest absolute Gasteiger partial charge is 0.319 e. The fraction of sp³-hybridized carbons (Fsp3) is 0.600.